The molecule has 140 valence electrons. The fraction of sp³-hybridized carbons (Fsp3) is 0.200. The van der Waals surface area contributed by atoms with E-state index < -0.39 is 43.3 Å². The summed E-state index contributed by atoms with van der Waals surface area (Å²) in [6, 6.07) is 6.66. The number of carbonyl (C=O) groups excluding carboxylic acids is 1. The van der Waals surface area contributed by atoms with Crippen molar-refractivity contribution in [3.63, 3.8) is 0 Å². The minimum atomic E-state index is -4.69. The fourth-order valence-corrected chi connectivity index (χ4v) is 3.82. The molecule has 11 heteroatoms. The second-order valence-corrected chi connectivity index (χ2v) is 7.90. The number of pyridine rings is 1. The van der Waals surface area contributed by atoms with E-state index >= 15 is 0 Å². The topological polar surface area (TPSA) is 76.1 Å². The minimum Gasteiger partial charge on any atom is -0.351 e. The van der Waals surface area contributed by atoms with Crippen LogP contribution in [-0.2, 0) is 16.0 Å². The van der Waals surface area contributed by atoms with E-state index in [-0.39, 0.29) is 17.1 Å². The van der Waals surface area contributed by atoms with Crippen LogP contribution in [0.2, 0.25) is 10.0 Å². The van der Waals surface area contributed by atoms with Gasteiger partial charge in [0.05, 0.1) is 26.9 Å². The van der Waals surface area contributed by atoms with Gasteiger partial charge in [-0.05, 0) is 18.2 Å². The van der Waals surface area contributed by atoms with Crippen molar-refractivity contribution in [3.8, 4) is 0 Å². The fourth-order valence-electron chi connectivity index (χ4n) is 1.95. The molecule has 0 atom stereocenters. The van der Waals surface area contributed by atoms with Crippen molar-refractivity contribution in [3.05, 3.63) is 57.7 Å². The Balaban J connectivity index is 2.08. The van der Waals surface area contributed by atoms with Crippen LogP contribution in [0.25, 0.3) is 0 Å². The Hall–Kier alpha value is -1.84. The highest BCUT2D eigenvalue weighted by Gasteiger charge is 2.33. The van der Waals surface area contributed by atoms with Gasteiger partial charge in [-0.3, -0.25) is 4.79 Å². The average molecular weight is 427 g/mol. The highest BCUT2D eigenvalue weighted by molar-refractivity contribution is 7.91. The van der Waals surface area contributed by atoms with E-state index in [1.165, 1.54) is 12.1 Å². The molecule has 0 unspecified atom stereocenters. The van der Waals surface area contributed by atoms with Crippen molar-refractivity contribution in [2.75, 3.05) is 12.3 Å². The number of benzene rings is 1. The molecule has 0 saturated carbocycles. The molecule has 1 heterocycles. The number of nitrogens with one attached hydrogen (secondary N) is 1. The van der Waals surface area contributed by atoms with Crippen LogP contribution in [-0.4, -0.2) is 31.6 Å². The Labute approximate surface area is 157 Å². The summed E-state index contributed by atoms with van der Waals surface area (Å²) < 4.78 is 62.1. The molecule has 1 aromatic heterocycles. The number of halogens is 5. The second-order valence-electron chi connectivity index (χ2n) is 5.06. The zero-order valence-corrected chi connectivity index (χ0v) is 15.2. The maximum Gasteiger partial charge on any atom is 0.417 e. The SMILES string of the molecule is O=C(NCCS(=O)(=O)c1ncc(C(F)(F)F)cc1Cl)c1ccccc1Cl. The molecule has 1 aromatic carbocycles. The van der Waals surface area contributed by atoms with Gasteiger partial charge < -0.3 is 5.32 Å². The standard InChI is InChI=1S/C15H11Cl2F3N2O3S/c16-11-4-2-1-3-10(11)13(23)21-5-6-26(24,25)14-12(17)7-9(8-22-14)15(18,19)20/h1-4,7-8H,5-6H2,(H,21,23). The van der Waals surface area contributed by atoms with Crippen LogP contribution in [0.1, 0.15) is 15.9 Å². The Kier molecular flexibility index (Phi) is 6.15. The molecule has 2 rings (SSSR count). The number of sulfone groups is 1. The van der Waals surface area contributed by atoms with Gasteiger partial charge in [0.25, 0.3) is 5.91 Å². The highest BCUT2D eigenvalue weighted by Crippen LogP contribution is 2.32. The van der Waals surface area contributed by atoms with Crippen LogP contribution in [0.5, 0.6) is 0 Å². The lowest BCUT2D eigenvalue weighted by atomic mass is 10.2. The normalized spacial score (nSPS) is 12.0. The van der Waals surface area contributed by atoms with Crippen LogP contribution in [0, 0.1) is 0 Å². The third-order valence-corrected chi connectivity index (χ3v) is 5.59. The van der Waals surface area contributed by atoms with E-state index in [9.17, 15) is 26.4 Å². The van der Waals surface area contributed by atoms with E-state index in [1.54, 1.807) is 12.1 Å². The van der Waals surface area contributed by atoms with Gasteiger partial charge in [-0.15, -0.1) is 0 Å². The third-order valence-electron chi connectivity index (χ3n) is 3.20. The second kappa shape index (κ2) is 7.81. The molecule has 0 spiro atoms. The van der Waals surface area contributed by atoms with Crippen LogP contribution in [0.3, 0.4) is 0 Å². The number of carbonyl (C=O) groups is 1. The number of rotatable bonds is 5. The lowest BCUT2D eigenvalue weighted by Gasteiger charge is -2.10. The molecule has 0 bridgehead atoms. The first-order chi connectivity index (χ1) is 12.0. The third kappa shape index (κ3) is 4.87. The van der Waals surface area contributed by atoms with Crippen molar-refractivity contribution < 1.29 is 26.4 Å². The highest BCUT2D eigenvalue weighted by atomic mass is 35.5. The zero-order valence-electron chi connectivity index (χ0n) is 12.8. The Morgan fingerprint density at radius 3 is 2.38 bits per heavy atom. The molecule has 0 aliphatic heterocycles. The minimum absolute atomic E-state index is 0.164. The first kappa shape index (κ1) is 20.5. The summed E-state index contributed by atoms with van der Waals surface area (Å²) in [5.74, 6) is -1.18. The van der Waals surface area contributed by atoms with Crippen molar-refractivity contribution >= 4 is 38.9 Å². The van der Waals surface area contributed by atoms with Crippen molar-refractivity contribution in [1.29, 1.82) is 0 Å². The summed E-state index contributed by atoms with van der Waals surface area (Å²) in [6.07, 6.45) is -4.30. The molecule has 0 aliphatic rings. The maximum absolute atomic E-state index is 12.6. The molecule has 26 heavy (non-hydrogen) atoms. The average Bonchev–Trinajstić information content (AvgIpc) is 2.53. The lowest BCUT2D eigenvalue weighted by Crippen LogP contribution is -2.29. The van der Waals surface area contributed by atoms with Gasteiger partial charge in [0, 0.05) is 12.7 Å². The summed E-state index contributed by atoms with van der Waals surface area (Å²) >= 11 is 11.5. The number of hydrogen-bond acceptors (Lipinski definition) is 4. The van der Waals surface area contributed by atoms with E-state index in [2.05, 4.69) is 10.3 Å². The molecule has 0 radical (unpaired) electrons. The Morgan fingerprint density at radius 2 is 1.81 bits per heavy atom. The number of nitrogens with zero attached hydrogens (tertiary/aromatic N) is 1. The zero-order chi connectivity index (χ0) is 19.5. The Bertz CT molecular complexity index is 934. The van der Waals surface area contributed by atoms with Gasteiger partial charge in [-0.2, -0.15) is 13.2 Å². The molecule has 0 saturated heterocycles. The first-order valence-corrected chi connectivity index (χ1v) is 9.41. The van der Waals surface area contributed by atoms with Gasteiger partial charge in [-0.1, -0.05) is 35.3 Å². The predicted octanol–water partition coefficient (Wildman–Crippen LogP) is 3.61. The van der Waals surface area contributed by atoms with Crippen molar-refractivity contribution in [1.82, 2.24) is 10.3 Å². The molecule has 1 amide bonds. The van der Waals surface area contributed by atoms with Crippen LogP contribution in [0.15, 0.2) is 41.6 Å². The molecule has 1 N–H and O–H groups in total. The first-order valence-electron chi connectivity index (χ1n) is 7.00. The summed E-state index contributed by atoms with van der Waals surface area (Å²) in [4.78, 5) is 15.3. The molecule has 0 fully saturated rings. The predicted molar refractivity (Wildman–Crippen MR) is 90.1 cm³/mol. The van der Waals surface area contributed by atoms with E-state index in [1.807, 2.05) is 0 Å². The Morgan fingerprint density at radius 1 is 1.15 bits per heavy atom. The largest absolute Gasteiger partial charge is 0.417 e. The molecule has 5 nitrogen and oxygen atoms in total. The molecular formula is C15H11Cl2F3N2O3S. The summed E-state index contributed by atoms with van der Waals surface area (Å²) in [7, 11) is -4.10. The number of amides is 1. The van der Waals surface area contributed by atoms with E-state index in [4.69, 9.17) is 23.2 Å². The summed E-state index contributed by atoms with van der Waals surface area (Å²) in [5.41, 5.74) is -0.995. The number of aromatic nitrogens is 1. The number of hydrogen-bond donors (Lipinski definition) is 1. The quantitative estimate of drug-likeness (QED) is 0.791. The van der Waals surface area contributed by atoms with Gasteiger partial charge in [0.15, 0.2) is 14.9 Å². The number of alkyl halides is 3. The van der Waals surface area contributed by atoms with Gasteiger partial charge in [-0.25, -0.2) is 13.4 Å². The van der Waals surface area contributed by atoms with Gasteiger partial charge in [0.1, 0.15) is 0 Å². The monoisotopic (exact) mass is 426 g/mol. The van der Waals surface area contributed by atoms with Crippen LogP contribution in [0.4, 0.5) is 13.2 Å². The maximum atomic E-state index is 12.6. The smallest absolute Gasteiger partial charge is 0.351 e. The van der Waals surface area contributed by atoms with Crippen LogP contribution < -0.4 is 5.32 Å². The molecular weight excluding hydrogens is 416 g/mol. The van der Waals surface area contributed by atoms with Gasteiger partial charge in [0.2, 0.25) is 0 Å². The lowest BCUT2D eigenvalue weighted by molar-refractivity contribution is -0.137. The van der Waals surface area contributed by atoms with Crippen molar-refractivity contribution in [2.45, 2.75) is 11.2 Å². The van der Waals surface area contributed by atoms with Crippen molar-refractivity contribution in [2.24, 2.45) is 0 Å². The molecule has 2 aromatic rings. The molecule has 0 aliphatic carbocycles. The van der Waals surface area contributed by atoms with Crippen LogP contribution >= 0.6 is 23.2 Å². The van der Waals surface area contributed by atoms with Gasteiger partial charge >= 0.3 is 6.18 Å². The summed E-state index contributed by atoms with van der Waals surface area (Å²) in [6.45, 7) is -0.300. The van der Waals surface area contributed by atoms with E-state index in [0.29, 0.717) is 12.3 Å². The van der Waals surface area contributed by atoms with E-state index in [0.717, 1.165) is 0 Å². The summed E-state index contributed by atoms with van der Waals surface area (Å²) in [5, 5.41) is 1.24.